The summed E-state index contributed by atoms with van der Waals surface area (Å²) in [5, 5.41) is 14.1. The Labute approximate surface area is 222 Å². The molecule has 194 valence electrons. The highest BCUT2D eigenvalue weighted by Gasteiger charge is 2.26. The van der Waals surface area contributed by atoms with Gasteiger partial charge in [0.2, 0.25) is 0 Å². The highest BCUT2D eigenvalue weighted by Crippen LogP contribution is 2.32. The Bertz CT molecular complexity index is 1280. The van der Waals surface area contributed by atoms with Crippen molar-refractivity contribution in [2.24, 2.45) is 11.3 Å². The Balaban J connectivity index is 1.06. The number of nitriles is 1. The zero-order chi connectivity index (χ0) is 25.8. The maximum atomic E-state index is 13.0. The zero-order valence-electron chi connectivity index (χ0n) is 21.7. The summed E-state index contributed by atoms with van der Waals surface area (Å²) in [6, 6.07) is 12.1. The highest BCUT2D eigenvalue weighted by molar-refractivity contribution is 7.13. The molecule has 1 fully saturated rings. The van der Waals surface area contributed by atoms with Crippen LogP contribution in [-0.4, -0.2) is 46.5 Å². The monoisotopic (exact) mass is 517 g/mol. The van der Waals surface area contributed by atoms with E-state index in [-0.39, 0.29) is 11.9 Å². The van der Waals surface area contributed by atoms with Gasteiger partial charge in [0.05, 0.1) is 22.7 Å². The molecule has 1 aliphatic carbocycles. The van der Waals surface area contributed by atoms with Crippen LogP contribution in [0.15, 0.2) is 36.5 Å². The van der Waals surface area contributed by atoms with Crippen LogP contribution in [0.5, 0.6) is 5.19 Å². The van der Waals surface area contributed by atoms with E-state index >= 15 is 0 Å². The number of hydrogen-bond donors (Lipinski definition) is 1. The topological polar surface area (TPSA) is 91.1 Å². The Morgan fingerprint density at radius 2 is 2.08 bits per heavy atom. The van der Waals surface area contributed by atoms with Gasteiger partial charge in [0.1, 0.15) is 6.61 Å². The molecular weight excluding hydrogens is 482 g/mol. The first kappa shape index (κ1) is 25.6. The quantitative estimate of drug-likeness (QED) is 0.433. The molecule has 2 aromatic heterocycles. The van der Waals surface area contributed by atoms with E-state index in [9.17, 15) is 10.1 Å². The van der Waals surface area contributed by atoms with Gasteiger partial charge in [0, 0.05) is 41.2 Å². The van der Waals surface area contributed by atoms with E-state index in [1.165, 1.54) is 11.3 Å². The molecule has 0 bridgehead atoms. The number of fused-ring (bicyclic) bond motifs is 2. The molecular formula is C29H35N5O2S. The first-order valence-corrected chi connectivity index (χ1v) is 14.1. The molecule has 0 radical (unpaired) electrons. The number of carbonyl (C=O) groups is 1. The van der Waals surface area contributed by atoms with Crippen LogP contribution >= 0.6 is 11.3 Å². The van der Waals surface area contributed by atoms with Gasteiger partial charge in [-0.05, 0) is 83.0 Å². The maximum absolute atomic E-state index is 13.0. The van der Waals surface area contributed by atoms with Crippen LogP contribution in [0.1, 0.15) is 66.9 Å². The normalized spacial score (nSPS) is 20.2. The number of benzene rings is 1. The van der Waals surface area contributed by atoms with Gasteiger partial charge in [-0.25, -0.2) is 4.98 Å². The minimum atomic E-state index is -0.507. The van der Waals surface area contributed by atoms with Crippen LogP contribution in [0.25, 0.3) is 10.9 Å². The SMILES string of the molecule is CC(C)(C#N)COc1nc2c(s1)CCN(CC[C@H]1CC[C@H](NC(=O)c3cccc4ncccc34)CC1)C2. The molecule has 7 nitrogen and oxygen atoms in total. The molecule has 0 saturated heterocycles. The molecule has 1 N–H and O–H groups in total. The van der Waals surface area contributed by atoms with E-state index < -0.39 is 5.41 Å². The molecule has 1 aromatic carbocycles. The predicted molar refractivity (Wildman–Crippen MR) is 146 cm³/mol. The van der Waals surface area contributed by atoms with Crippen molar-refractivity contribution in [3.63, 3.8) is 0 Å². The largest absolute Gasteiger partial charge is 0.468 e. The number of ether oxygens (including phenoxy) is 1. The summed E-state index contributed by atoms with van der Waals surface area (Å²) in [6.45, 7) is 7.14. The van der Waals surface area contributed by atoms with Crippen molar-refractivity contribution >= 4 is 28.1 Å². The van der Waals surface area contributed by atoms with Crippen molar-refractivity contribution in [3.8, 4) is 11.3 Å². The van der Waals surface area contributed by atoms with E-state index in [0.717, 1.165) is 68.3 Å². The van der Waals surface area contributed by atoms with Crippen molar-refractivity contribution in [1.82, 2.24) is 20.2 Å². The van der Waals surface area contributed by atoms with Crippen molar-refractivity contribution < 1.29 is 9.53 Å². The third-order valence-electron chi connectivity index (χ3n) is 7.57. The van der Waals surface area contributed by atoms with Gasteiger partial charge in [0.25, 0.3) is 11.1 Å². The first-order chi connectivity index (χ1) is 17.9. The van der Waals surface area contributed by atoms with Crippen LogP contribution in [0.4, 0.5) is 0 Å². The second-order valence-electron chi connectivity index (χ2n) is 11.0. The van der Waals surface area contributed by atoms with E-state index in [4.69, 9.17) is 9.72 Å². The number of aromatic nitrogens is 2. The van der Waals surface area contributed by atoms with Gasteiger partial charge in [-0.1, -0.05) is 23.5 Å². The van der Waals surface area contributed by atoms with E-state index in [2.05, 4.69) is 21.3 Å². The number of rotatable bonds is 8. The molecule has 1 saturated carbocycles. The average Bonchev–Trinajstić information content (AvgIpc) is 3.33. The summed E-state index contributed by atoms with van der Waals surface area (Å²) in [5.41, 5.74) is 2.19. The van der Waals surface area contributed by atoms with Gasteiger partial charge in [-0.15, -0.1) is 0 Å². The lowest BCUT2D eigenvalue weighted by Gasteiger charge is -2.32. The number of amides is 1. The van der Waals surface area contributed by atoms with Crippen LogP contribution in [0.2, 0.25) is 0 Å². The molecule has 3 heterocycles. The third-order valence-corrected chi connectivity index (χ3v) is 8.64. The predicted octanol–water partition coefficient (Wildman–Crippen LogP) is 5.36. The fourth-order valence-electron chi connectivity index (χ4n) is 5.28. The van der Waals surface area contributed by atoms with Gasteiger partial charge < -0.3 is 10.1 Å². The fraction of sp³-hybridized carbons (Fsp3) is 0.517. The van der Waals surface area contributed by atoms with Crippen LogP contribution in [0, 0.1) is 22.7 Å². The molecule has 3 aromatic rings. The molecule has 1 aliphatic heterocycles. The number of hydrogen-bond acceptors (Lipinski definition) is 7. The van der Waals surface area contributed by atoms with E-state index in [1.54, 1.807) is 17.5 Å². The second-order valence-corrected chi connectivity index (χ2v) is 12.1. The average molecular weight is 518 g/mol. The molecule has 5 rings (SSSR count). The van der Waals surface area contributed by atoms with Crippen LogP contribution < -0.4 is 10.1 Å². The number of thiazole rings is 1. The Kier molecular flexibility index (Phi) is 7.73. The third kappa shape index (κ3) is 6.28. The molecule has 37 heavy (non-hydrogen) atoms. The summed E-state index contributed by atoms with van der Waals surface area (Å²) in [4.78, 5) is 25.9. The van der Waals surface area contributed by atoms with Crippen molar-refractivity contribution in [3.05, 3.63) is 52.7 Å². The van der Waals surface area contributed by atoms with Crippen molar-refractivity contribution in [2.45, 2.75) is 65.0 Å². The molecule has 8 heteroatoms. The smallest absolute Gasteiger partial charge is 0.273 e. The first-order valence-electron chi connectivity index (χ1n) is 13.3. The molecule has 0 unspecified atom stereocenters. The standard InChI is InChI=1S/C29H35N5O2S/c1-29(2,18-30)19-36-28-33-25-17-34(16-13-26(25)37-28)15-12-20-8-10-21(11-9-20)32-27(35)23-5-3-7-24-22(23)6-4-14-31-24/h3-7,14,20-21H,8-13,15-17,19H2,1-2H3,(H,32,35)/t20-,21-. The van der Waals surface area contributed by atoms with Gasteiger partial charge in [0.15, 0.2) is 0 Å². The molecule has 1 amide bonds. The highest BCUT2D eigenvalue weighted by atomic mass is 32.1. The lowest BCUT2D eigenvalue weighted by atomic mass is 9.84. The fourth-order valence-corrected chi connectivity index (χ4v) is 6.19. The van der Waals surface area contributed by atoms with Crippen LogP contribution in [-0.2, 0) is 13.0 Å². The number of nitrogens with one attached hydrogen (secondary N) is 1. The van der Waals surface area contributed by atoms with Crippen molar-refractivity contribution in [2.75, 3.05) is 19.7 Å². The Morgan fingerprint density at radius 3 is 2.89 bits per heavy atom. The minimum absolute atomic E-state index is 0.00831. The van der Waals surface area contributed by atoms with Gasteiger partial charge >= 0.3 is 0 Å². The lowest BCUT2D eigenvalue weighted by molar-refractivity contribution is 0.0921. The van der Waals surface area contributed by atoms with E-state index in [1.807, 2.05) is 44.2 Å². The summed E-state index contributed by atoms with van der Waals surface area (Å²) in [7, 11) is 0. The van der Waals surface area contributed by atoms with Crippen LogP contribution in [0.3, 0.4) is 0 Å². The summed E-state index contributed by atoms with van der Waals surface area (Å²) in [5.74, 6) is 0.716. The number of nitrogens with zero attached hydrogens (tertiary/aromatic N) is 4. The molecule has 0 atom stereocenters. The number of carbonyl (C=O) groups excluding carboxylic acids is 1. The summed E-state index contributed by atoms with van der Waals surface area (Å²) >= 11 is 1.63. The Hall–Kier alpha value is -3.02. The van der Waals surface area contributed by atoms with Gasteiger partial charge in [-0.2, -0.15) is 5.26 Å². The summed E-state index contributed by atoms with van der Waals surface area (Å²) in [6.07, 6.45) is 8.35. The second kappa shape index (κ2) is 11.2. The van der Waals surface area contributed by atoms with Gasteiger partial charge in [-0.3, -0.25) is 14.7 Å². The van der Waals surface area contributed by atoms with Crippen molar-refractivity contribution in [1.29, 1.82) is 5.26 Å². The lowest BCUT2D eigenvalue weighted by Crippen LogP contribution is -2.38. The minimum Gasteiger partial charge on any atom is -0.468 e. The molecule has 2 aliphatic rings. The molecule has 0 spiro atoms. The Morgan fingerprint density at radius 1 is 1.24 bits per heavy atom. The maximum Gasteiger partial charge on any atom is 0.273 e. The van der Waals surface area contributed by atoms with E-state index in [0.29, 0.717) is 23.3 Å². The zero-order valence-corrected chi connectivity index (χ0v) is 22.5. The number of pyridine rings is 1. The summed E-state index contributed by atoms with van der Waals surface area (Å²) < 4.78 is 5.82.